The number of aromatic nitrogens is 1. The summed E-state index contributed by atoms with van der Waals surface area (Å²) >= 11 is -2.51. The van der Waals surface area contributed by atoms with Gasteiger partial charge < -0.3 is 14.7 Å². The van der Waals surface area contributed by atoms with Crippen molar-refractivity contribution in [2.75, 3.05) is 6.54 Å². The standard InChI is InChI=1S/C24H27N3O7S3/c1-16(35-36-20-7-4-6-13-25-20)17-9-11-18(12-10-17)23(30)26-14-5-2-3-8-22(29)34-27-21(28)15-19(24(27)31)37(32)33/h4,6-7,9-13,16,19H,2-3,5,8,14-15H2,1H3,(H,26,30)(H,32,33). The van der Waals surface area contributed by atoms with Gasteiger partial charge in [-0.2, -0.15) is 0 Å². The normalized spacial score (nSPS) is 16.9. The highest BCUT2D eigenvalue weighted by Crippen LogP contribution is 2.41. The van der Waals surface area contributed by atoms with Gasteiger partial charge in [0.15, 0.2) is 16.3 Å². The van der Waals surface area contributed by atoms with Gasteiger partial charge in [0, 0.05) is 30.0 Å². The molecule has 1 aliphatic rings. The number of pyridine rings is 1. The summed E-state index contributed by atoms with van der Waals surface area (Å²) in [6.45, 7) is 2.52. The van der Waals surface area contributed by atoms with Gasteiger partial charge in [-0.05, 0) is 60.4 Å². The van der Waals surface area contributed by atoms with Gasteiger partial charge in [-0.3, -0.25) is 14.4 Å². The van der Waals surface area contributed by atoms with E-state index in [9.17, 15) is 23.4 Å². The number of rotatable bonds is 13. The number of hydrogen-bond acceptors (Lipinski definition) is 9. The van der Waals surface area contributed by atoms with Crippen LogP contribution in [0.25, 0.3) is 0 Å². The molecular formula is C24H27N3O7S3. The first-order valence-electron chi connectivity index (χ1n) is 11.6. The van der Waals surface area contributed by atoms with Gasteiger partial charge in [-0.15, -0.1) is 5.06 Å². The molecule has 0 saturated carbocycles. The van der Waals surface area contributed by atoms with Crippen molar-refractivity contribution in [1.29, 1.82) is 0 Å². The first kappa shape index (κ1) is 28.8. The first-order valence-corrected chi connectivity index (χ1v) is 14.9. The molecular weight excluding hydrogens is 538 g/mol. The van der Waals surface area contributed by atoms with Crippen molar-refractivity contribution in [3.05, 3.63) is 59.8 Å². The molecule has 198 valence electrons. The minimum atomic E-state index is -2.51. The van der Waals surface area contributed by atoms with Gasteiger partial charge >= 0.3 is 5.97 Å². The zero-order valence-electron chi connectivity index (χ0n) is 20.0. The Morgan fingerprint density at radius 3 is 2.59 bits per heavy atom. The Bertz CT molecular complexity index is 1130. The van der Waals surface area contributed by atoms with Crippen LogP contribution in [-0.4, -0.2) is 54.3 Å². The highest BCUT2D eigenvalue weighted by molar-refractivity contribution is 8.76. The lowest BCUT2D eigenvalue weighted by atomic mass is 10.1. The Morgan fingerprint density at radius 1 is 1.19 bits per heavy atom. The number of carbonyl (C=O) groups is 4. The molecule has 0 spiro atoms. The third-order valence-corrected chi connectivity index (χ3v) is 8.99. The van der Waals surface area contributed by atoms with Crippen LogP contribution in [0.1, 0.15) is 60.2 Å². The van der Waals surface area contributed by atoms with E-state index in [-0.39, 0.29) is 22.6 Å². The summed E-state index contributed by atoms with van der Waals surface area (Å²) in [6, 6.07) is 13.2. The van der Waals surface area contributed by atoms with Crippen LogP contribution in [0, 0.1) is 0 Å². The van der Waals surface area contributed by atoms with Gasteiger partial charge in [0.1, 0.15) is 5.03 Å². The molecule has 1 aromatic carbocycles. The van der Waals surface area contributed by atoms with E-state index in [2.05, 4.69) is 17.2 Å². The largest absolute Gasteiger partial charge is 0.352 e. The van der Waals surface area contributed by atoms with E-state index >= 15 is 0 Å². The van der Waals surface area contributed by atoms with Gasteiger partial charge in [0.25, 0.3) is 17.7 Å². The number of imide groups is 1. The summed E-state index contributed by atoms with van der Waals surface area (Å²) in [5.41, 5.74) is 1.67. The van der Waals surface area contributed by atoms with Gasteiger partial charge in [-0.1, -0.05) is 35.4 Å². The number of hydrogen-bond donors (Lipinski definition) is 2. The summed E-state index contributed by atoms with van der Waals surface area (Å²) in [4.78, 5) is 56.9. The van der Waals surface area contributed by atoms with Crippen LogP contribution in [0.15, 0.2) is 53.7 Å². The van der Waals surface area contributed by atoms with E-state index in [1.807, 2.05) is 30.3 Å². The van der Waals surface area contributed by atoms with Crippen LogP contribution in [0.4, 0.5) is 0 Å². The van der Waals surface area contributed by atoms with Crippen LogP contribution in [0.5, 0.6) is 0 Å². The highest BCUT2D eigenvalue weighted by atomic mass is 33.1. The Morgan fingerprint density at radius 2 is 1.95 bits per heavy atom. The van der Waals surface area contributed by atoms with E-state index in [1.165, 1.54) is 0 Å². The molecule has 1 saturated heterocycles. The lowest BCUT2D eigenvalue weighted by molar-refractivity contribution is -0.197. The lowest BCUT2D eigenvalue weighted by Gasteiger charge is -2.13. The zero-order valence-corrected chi connectivity index (χ0v) is 22.5. The van der Waals surface area contributed by atoms with Crippen molar-refractivity contribution in [1.82, 2.24) is 15.4 Å². The number of amides is 3. The van der Waals surface area contributed by atoms with Crippen molar-refractivity contribution >= 4 is 56.4 Å². The molecule has 13 heteroatoms. The van der Waals surface area contributed by atoms with Gasteiger partial charge in [-0.25, -0.2) is 14.0 Å². The quantitative estimate of drug-likeness (QED) is 0.160. The third-order valence-electron chi connectivity index (χ3n) is 5.40. The molecule has 10 nitrogen and oxygen atoms in total. The maximum atomic E-state index is 12.4. The molecule has 2 heterocycles. The predicted octanol–water partition coefficient (Wildman–Crippen LogP) is 3.68. The van der Waals surface area contributed by atoms with E-state index < -0.39 is 40.5 Å². The molecule has 3 rings (SSSR count). The van der Waals surface area contributed by atoms with Crippen molar-refractivity contribution in [3.63, 3.8) is 0 Å². The fraction of sp³-hybridized carbons (Fsp3) is 0.375. The molecule has 2 N–H and O–H groups in total. The van der Waals surface area contributed by atoms with Gasteiger partial charge in [0.2, 0.25) is 0 Å². The van der Waals surface area contributed by atoms with Gasteiger partial charge in [0.05, 0.1) is 6.42 Å². The van der Waals surface area contributed by atoms with Crippen LogP contribution < -0.4 is 5.32 Å². The van der Waals surface area contributed by atoms with Crippen molar-refractivity contribution in [3.8, 4) is 0 Å². The molecule has 1 fully saturated rings. The summed E-state index contributed by atoms with van der Waals surface area (Å²) in [6.07, 6.45) is 2.93. The number of hydroxylamine groups is 2. The van der Waals surface area contributed by atoms with E-state index in [1.54, 1.807) is 39.9 Å². The van der Waals surface area contributed by atoms with Crippen molar-refractivity contribution < 1.29 is 32.8 Å². The van der Waals surface area contributed by atoms with Crippen LogP contribution in [0.3, 0.4) is 0 Å². The van der Waals surface area contributed by atoms with Crippen LogP contribution >= 0.6 is 21.6 Å². The fourth-order valence-electron chi connectivity index (χ4n) is 3.34. The number of unbranched alkanes of at least 4 members (excludes halogenated alkanes) is 2. The molecule has 3 unspecified atom stereocenters. The first-order chi connectivity index (χ1) is 17.8. The molecule has 3 atom stereocenters. The summed E-state index contributed by atoms with van der Waals surface area (Å²) in [5, 5.41) is 2.87. The third kappa shape index (κ3) is 8.66. The van der Waals surface area contributed by atoms with E-state index in [0.717, 1.165) is 10.6 Å². The summed E-state index contributed by atoms with van der Waals surface area (Å²) in [7, 11) is 3.30. The molecule has 0 bridgehead atoms. The Labute approximate surface area is 224 Å². The molecule has 0 aliphatic carbocycles. The molecule has 3 amide bonds. The molecule has 0 radical (unpaired) electrons. The second-order valence-electron chi connectivity index (χ2n) is 8.14. The lowest BCUT2D eigenvalue weighted by Crippen LogP contribution is -2.35. The highest BCUT2D eigenvalue weighted by Gasteiger charge is 2.44. The average Bonchev–Trinajstić information content (AvgIpc) is 3.18. The molecule has 2 aromatic rings. The van der Waals surface area contributed by atoms with Crippen molar-refractivity contribution in [2.45, 2.75) is 54.6 Å². The number of carbonyl (C=O) groups excluding carboxylic acids is 4. The topological polar surface area (TPSA) is 143 Å². The fourth-order valence-corrected chi connectivity index (χ4v) is 6.00. The number of benzene rings is 1. The smallest absolute Gasteiger partial charge is 0.333 e. The van der Waals surface area contributed by atoms with E-state index in [0.29, 0.717) is 31.4 Å². The maximum absolute atomic E-state index is 12.4. The minimum Gasteiger partial charge on any atom is -0.352 e. The van der Waals surface area contributed by atoms with Crippen LogP contribution in [0.2, 0.25) is 0 Å². The maximum Gasteiger partial charge on any atom is 0.333 e. The Balaban J connectivity index is 1.30. The predicted molar refractivity (Wildman–Crippen MR) is 140 cm³/mol. The number of nitrogens with one attached hydrogen (secondary N) is 1. The Kier molecular flexibility index (Phi) is 11.1. The second-order valence-corrected chi connectivity index (χ2v) is 11.8. The summed E-state index contributed by atoms with van der Waals surface area (Å²) < 4.78 is 20.1. The second kappa shape index (κ2) is 14.3. The van der Waals surface area contributed by atoms with Crippen LogP contribution in [-0.2, 0) is 30.3 Å². The zero-order chi connectivity index (χ0) is 26.8. The van der Waals surface area contributed by atoms with E-state index in [4.69, 9.17) is 9.39 Å². The molecule has 37 heavy (non-hydrogen) atoms. The summed E-state index contributed by atoms with van der Waals surface area (Å²) in [5.74, 6) is -2.78. The monoisotopic (exact) mass is 565 g/mol. The average molecular weight is 566 g/mol. The minimum absolute atomic E-state index is 0.0336. The Hall–Kier alpha value is -2.74. The SMILES string of the molecule is CC(SSc1ccccn1)c1ccc(C(=O)NCCCCCC(=O)ON2C(=O)CC(S(=O)O)C2=O)cc1. The van der Waals surface area contributed by atoms with Crippen molar-refractivity contribution in [2.24, 2.45) is 0 Å². The molecule has 1 aliphatic heterocycles. The molecule has 1 aromatic heterocycles. The number of nitrogens with zero attached hydrogens (tertiary/aromatic N) is 2.